The number of halogens is 1. The number of benzene rings is 1. The van der Waals surface area contributed by atoms with Crippen molar-refractivity contribution < 1.29 is 9.47 Å². The molecular weight excluding hydrogens is 276 g/mol. The van der Waals surface area contributed by atoms with Crippen molar-refractivity contribution in [3.05, 3.63) is 47.4 Å². The van der Waals surface area contributed by atoms with Crippen LogP contribution in [0.1, 0.15) is 24.6 Å². The first-order chi connectivity index (χ1) is 9.81. The molecule has 1 aliphatic rings. The number of aromatic nitrogens is 2. The van der Waals surface area contributed by atoms with Gasteiger partial charge in [0.25, 0.3) is 0 Å². The second kappa shape index (κ2) is 6.09. The van der Waals surface area contributed by atoms with Crippen molar-refractivity contribution in [3.8, 4) is 11.6 Å². The van der Waals surface area contributed by atoms with E-state index in [1.165, 1.54) is 0 Å². The van der Waals surface area contributed by atoms with E-state index >= 15 is 0 Å². The minimum atomic E-state index is 0.423. The van der Waals surface area contributed by atoms with Crippen LogP contribution in [-0.4, -0.2) is 23.2 Å². The Morgan fingerprint density at radius 1 is 1.05 bits per heavy atom. The zero-order chi connectivity index (χ0) is 13.8. The molecule has 0 radical (unpaired) electrons. The maximum atomic E-state index is 5.97. The summed E-state index contributed by atoms with van der Waals surface area (Å²) in [6.45, 7) is 0.886. The van der Waals surface area contributed by atoms with E-state index in [4.69, 9.17) is 21.1 Å². The van der Waals surface area contributed by atoms with Crippen molar-refractivity contribution in [2.45, 2.75) is 18.8 Å². The summed E-state index contributed by atoms with van der Waals surface area (Å²) in [7, 11) is 0. The number of rotatable bonds is 6. The summed E-state index contributed by atoms with van der Waals surface area (Å²) < 4.78 is 11.1. The van der Waals surface area contributed by atoms with Crippen molar-refractivity contribution in [2.24, 2.45) is 0 Å². The van der Waals surface area contributed by atoms with Gasteiger partial charge < -0.3 is 9.47 Å². The van der Waals surface area contributed by atoms with Crippen LogP contribution >= 0.6 is 11.6 Å². The molecule has 0 aliphatic heterocycles. The Balaban J connectivity index is 1.51. The van der Waals surface area contributed by atoms with Crippen LogP contribution < -0.4 is 9.47 Å². The standard InChI is InChI=1S/C15H15ClN2O2/c16-13-10-14(18-15(17-13)11-6-7-11)20-9-8-19-12-4-2-1-3-5-12/h1-5,10-11H,6-9H2. The third-order valence-corrected chi connectivity index (χ3v) is 3.17. The normalized spacial score (nSPS) is 14.1. The Labute approximate surface area is 122 Å². The molecule has 2 aromatic rings. The van der Waals surface area contributed by atoms with Gasteiger partial charge in [0, 0.05) is 12.0 Å². The maximum Gasteiger partial charge on any atom is 0.218 e. The quantitative estimate of drug-likeness (QED) is 0.604. The molecule has 1 aromatic heterocycles. The fourth-order valence-electron chi connectivity index (χ4n) is 1.83. The Bertz CT molecular complexity index is 573. The zero-order valence-corrected chi connectivity index (χ0v) is 11.7. The zero-order valence-electron chi connectivity index (χ0n) is 11.0. The molecule has 0 atom stereocenters. The molecule has 0 spiro atoms. The molecule has 1 fully saturated rings. The molecule has 1 heterocycles. The third kappa shape index (κ3) is 3.61. The molecule has 0 amide bonds. The molecule has 0 saturated heterocycles. The van der Waals surface area contributed by atoms with Gasteiger partial charge in [-0.15, -0.1) is 0 Å². The van der Waals surface area contributed by atoms with Crippen LogP contribution in [0.25, 0.3) is 0 Å². The lowest BCUT2D eigenvalue weighted by Gasteiger charge is -2.08. The minimum Gasteiger partial charge on any atom is -0.490 e. The van der Waals surface area contributed by atoms with E-state index in [2.05, 4.69) is 9.97 Å². The van der Waals surface area contributed by atoms with Gasteiger partial charge in [-0.2, -0.15) is 4.98 Å². The molecule has 0 N–H and O–H groups in total. The third-order valence-electron chi connectivity index (χ3n) is 2.98. The highest BCUT2D eigenvalue weighted by Gasteiger charge is 2.27. The van der Waals surface area contributed by atoms with E-state index in [9.17, 15) is 0 Å². The largest absolute Gasteiger partial charge is 0.490 e. The molecule has 104 valence electrons. The Kier molecular flexibility index (Phi) is 4.02. The summed E-state index contributed by atoms with van der Waals surface area (Å²) in [4.78, 5) is 8.58. The molecule has 1 aromatic carbocycles. The number of para-hydroxylation sites is 1. The van der Waals surface area contributed by atoms with E-state index in [1.54, 1.807) is 6.07 Å². The van der Waals surface area contributed by atoms with E-state index in [-0.39, 0.29) is 0 Å². The Morgan fingerprint density at radius 2 is 1.80 bits per heavy atom. The van der Waals surface area contributed by atoms with Crippen molar-refractivity contribution in [2.75, 3.05) is 13.2 Å². The average molecular weight is 291 g/mol. The minimum absolute atomic E-state index is 0.423. The van der Waals surface area contributed by atoms with Crippen LogP contribution in [0.4, 0.5) is 0 Å². The molecule has 20 heavy (non-hydrogen) atoms. The van der Waals surface area contributed by atoms with Gasteiger partial charge in [0.15, 0.2) is 0 Å². The lowest BCUT2D eigenvalue weighted by Crippen LogP contribution is -2.10. The maximum absolute atomic E-state index is 5.97. The molecule has 1 aliphatic carbocycles. The number of hydrogen-bond acceptors (Lipinski definition) is 4. The predicted octanol–water partition coefficient (Wildman–Crippen LogP) is 3.47. The molecule has 1 saturated carbocycles. The lowest BCUT2D eigenvalue weighted by molar-refractivity contribution is 0.211. The van der Waals surface area contributed by atoms with Gasteiger partial charge >= 0.3 is 0 Å². The molecule has 0 bridgehead atoms. The molecule has 4 nitrogen and oxygen atoms in total. The van der Waals surface area contributed by atoms with Crippen LogP contribution in [0.3, 0.4) is 0 Å². The fraction of sp³-hybridized carbons (Fsp3) is 0.333. The van der Waals surface area contributed by atoms with Crippen molar-refractivity contribution in [1.82, 2.24) is 9.97 Å². The monoisotopic (exact) mass is 290 g/mol. The van der Waals surface area contributed by atoms with Gasteiger partial charge in [0.1, 0.15) is 29.9 Å². The summed E-state index contributed by atoms with van der Waals surface area (Å²) in [6, 6.07) is 11.3. The van der Waals surface area contributed by atoms with Crippen LogP contribution in [0.15, 0.2) is 36.4 Å². The Morgan fingerprint density at radius 3 is 2.55 bits per heavy atom. The Hall–Kier alpha value is -1.81. The topological polar surface area (TPSA) is 44.2 Å². The smallest absolute Gasteiger partial charge is 0.218 e. The molecular formula is C15H15ClN2O2. The summed E-state index contributed by atoms with van der Waals surface area (Å²) in [5.74, 6) is 2.59. The number of hydrogen-bond donors (Lipinski definition) is 0. The highest BCUT2D eigenvalue weighted by atomic mass is 35.5. The van der Waals surface area contributed by atoms with Crippen molar-refractivity contribution >= 4 is 11.6 Å². The molecule has 5 heteroatoms. The highest BCUT2D eigenvalue weighted by Crippen LogP contribution is 2.38. The van der Waals surface area contributed by atoms with Crippen LogP contribution in [0, 0.1) is 0 Å². The summed E-state index contributed by atoms with van der Waals surface area (Å²) >= 11 is 5.97. The first-order valence-electron chi connectivity index (χ1n) is 6.66. The first kappa shape index (κ1) is 13.2. The molecule has 0 unspecified atom stereocenters. The van der Waals surface area contributed by atoms with E-state index in [1.807, 2.05) is 30.3 Å². The van der Waals surface area contributed by atoms with Gasteiger partial charge in [-0.25, -0.2) is 4.98 Å². The SMILES string of the molecule is Clc1cc(OCCOc2ccccc2)nc(C2CC2)n1. The van der Waals surface area contributed by atoms with Crippen molar-refractivity contribution in [3.63, 3.8) is 0 Å². The van der Waals surface area contributed by atoms with Crippen LogP contribution in [0.5, 0.6) is 11.6 Å². The van der Waals surface area contributed by atoms with Gasteiger partial charge in [-0.3, -0.25) is 0 Å². The van der Waals surface area contributed by atoms with Gasteiger partial charge in [-0.05, 0) is 25.0 Å². The van der Waals surface area contributed by atoms with Crippen molar-refractivity contribution in [1.29, 1.82) is 0 Å². The number of nitrogens with zero attached hydrogens (tertiary/aromatic N) is 2. The van der Waals surface area contributed by atoms with Crippen LogP contribution in [0.2, 0.25) is 5.15 Å². The molecule has 3 rings (SSSR count). The van der Waals surface area contributed by atoms with Crippen LogP contribution in [-0.2, 0) is 0 Å². The predicted molar refractivity (Wildman–Crippen MR) is 76.4 cm³/mol. The second-order valence-corrected chi connectivity index (χ2v) is 5.06. The lowest BCUT2D eigenvalue weighted by atomic mass is 10.3. The average Bonchev–Trinajstić information content (AvgIpc) is 3.29. The van der Waals surface area contributed by atoms with E-state index < -0.39 is 0 Å². The van der Waals surface area contributed by atoms with E-state index in [0.717, 1.165) is 24.4 Å². The first-order valence-corrected chi connectivity index (χ1v) is 7.04. The van der Waals surface area contributed by atoms with Gasteiger partial charge in [0.05, 0.1) is 0 Å². The second-order valence-electron chi connectivity index (χ2n) is 4.67. The summed E-state index contributed by atoms with van der Waals surface area (Å²) in [5.41, 5.74) is 0. The van der Waals surface area contributed by atoms with E-state index in [0.29, 0.717) is 30.2 Å². The highest BCUT2D eigenvalue weighted by molar-refractivity contribution is 6.29. The number of ether oxygens (including phenoxy) is 2. The van der Waals surface area contributed by atoms with Gasteiger partial charge in [0.2, 0.25) is 5.88 Å². The summed E-state index contributed by atoms with van der Waals surface area (Å²) in [6.07, 6.45) is 2.27. The summed E-state index contributed by atoms with van der Waals surface area (Å²) in [5, 5.41) is 0.431. The fourth-order valence-corrected chi connectivity index (χ4v) is 2.01. The van der Waals surface area contributed by atoms with Gasteiger partial charge in [-0.1, -0.05) is 29.8 Å².